The molecule has 136 valence electrons. The number of nitrogens with one attached hydrogen (secondary N) is 2. The van der Waals surface area contributed by atoms with Crippen LogP contribution in [0.3, 0.4) is 0 Å². The molecule has 0 radical (unpaired) electrons. The Bertz CT molecular complexity index is 967. The van der Waals surface area contributed by atoms with Gasteiger partial charge in [-0.15, -0.1) is 5.10 Å². The van der Waals surface area contributed by atoms with Gasteiger partial charge in [0.15, 0.2) is 0 Å². The molecule has 0 spiro atoms. The molecule has 3 rings (SSSR count). The number of hydrogen-bond acceptors (Lipinski definition) is 6. The smallest absolute Gasteiger partial charge is 0.275 e. The lowest BCUT2D eigenvalue weighted by Crippen LogP contribution is -2.28. The van der Waals surface area contributed by atoms with Crippen LogP contribution in [-0.4, -0.2) is 33.6 Å². The number of carbonyl (C=O) groups is 1. The van der Waals surface area contributed by atoms with Crippen LogP contribution in [-0.2, 0) is 6.42 Å². The largest absolute Gasteiger partial charge is 0.358 e. The summed E-state index contributed by atoms with van der Waals surface area (Å²) in [5, 5.41) is 10.8. The Morgan fingerprint density at radius 2 is 2.04 bits per heavy atom. The fraction of sp³-hybridized carbons (Fsp3) is 0.294. The number of halogens is 1. The molecule has 0 bridgehead atoms. The summed E-state index contributed by atoms with van der Waals surface area (Å²) >= 11 is 4.66. The summed E-state index contributed by atoms with van der Waals surface area (Å²) < 4.78 is 2.23. The minimum Gasteiger partial charge on any atom is -0.358 e. The fourth-order valence-electron chi connectivity index (χ4n) is 2.36. The van der Waals surface area contributed by atoms with E-state index in [0.29, 0.717) is 28.7 Å². The van der Waals surface area contributed by atoms with Gasteiger partial charge in [0.25, 0.3) is 11.5 Å². The topological polar surface area (TPSA) is 88.4 Å². The molecule has 9 heteroatoms. The van der Waals surface area contributed by atoms with Gasteiger partial charge in [-0.05, 0) is 30.7 Å². The Morgan fingerprint density at radius 1 is 1.27 bits per heavy atom. The van der Waals surface area contributed by atoms with Crippen LogP contribution in [0.4, 0.5) is 5.13 Å². The summed E-state index contributed by atoms with van der Waals surface area (Å²) in [4.78, 5) is 29.1. The van der Waals surface area contributed by atoms with Crippen LogP contribution in [0.5, 0.6) is 0 Å². The molecule has 26 heavy (non-hydrogen) atoms. The summed E-state index contributed by atoms with van der Waals surface area (Å²) in [5.41, 5.74) is 1.22. The predicted molar refractivity (Wildman–Crippen MR) is 106 cm³/mol. The van der Waals surface area contributed by atoms with Crippen molar-refractivity contribution >= 4 is 43.3 Å². The number of benzene rings is 1. The van der Waals surface area contributed by atoms with Crippen LogP contribution < -0.4 is 16.2 Å². The molecule has 2 N–H and O–H groups in total. The van der Waals surface area contributed by atoms with Crippen molar-refractivity contribution in [2.45, 2.75) is 19.8 Å². The third-order valence-electron chi connectivity index (χ3n) is 3.60. The lowest BCUT2D eigenvalue weighted by atomic mass is 10.2. The maximum Gasteiger partial charge on any atom is 0.275 e. The molecule has 0 saturated heterocycles. The van der Waals surface area contributed by atoms with Crippen LogP contribution in [0.2, 0.25) is 0 Å². The van der Waals surface area contributed by atoms with Gasteiger partial charge in [-0.3, -0.25) is 9.59 Å². The van der Waals surface area contributed by atoms with Gasteiger partial charge in [0.05, 0.1) is 0 Å². The van der Waals surface area contributed by atoms with Gasteiger partial charge in [0, 0.05) is 34.9 Å². The predicted octanol–water partition coefficient (Wildman–Crippen LogP) is 2.71. The third kappa shape index (κ3) is 4.47. The van der Waals surface area contributed by atoms with Gasteiger partial charge >= 0.3 is 0 Å². The van der Waals surface area contributed by atoms with Crippen LogP contribution >= 0.6 is 27.3 Å². The summed E-state index contributed by atoms with van der Waals surface area (Å²) in [6.07, 6.45) is 1.71. The second kappa shape index (κ2) is 8.41. The highest BCUT2D eigenvalue weighted by atomic mass is 79.9. The fourth-order valence-corrected chi connectivity index (χ4v) is 3.47. The van der Waals surface area contributed by atoms with Crippen LogP contribution in [0.1, 0.15) is 29.4 Å². The molecular formula is C17H18BrN5O2S. The van der Waals surface area contributed by atoms with Crippen molar-refractivity contribution in [1.82, 2.24) is 19.9 Å². The van der Waals surface area contributed by atoms with Crippen molar-refractivity contribution in [1.29, 1.82) is 0 Å². The van der Waals surface area contributed by atoms with Gasteiger partial charge in [0.1, 0.15) is 0 Å². The van der Waals surface area contributed by atoms with E-state index in [9.17, 15) is 9.59 Å². The number of fused-ring (bicyclic) bond motifs is 1. The Kier molecular flexibility index (Phi) is 6.00. The van der Waals surface area contributed by atoms with Crippen molar-refractivity contribution in [3.63, 3.8) is 0 Å². The monoisotopic (exact) mass is 435 g/mol. The van der Waals surface area contributed by atoms with E-state index in [-0.39, 0.29) is 11.5 Å². The molecular weight excluding hydrogens is 418 g/mol. The Morgan fingerprint density at radius 3 is 2.77 bits per heavy atom. The second-order valence-electron chi connectivity index (χ2n) is 5.63. The molecule has 0 atom stereocenters. The Balaban J connectivity index is 1.56. The van der Waals surface area contributed by atoms with E-state index in [4.69, 9.17) is 0 Å². The average Bonchev–Trinajstić information content (AvgIpc) is 3.03. The van der Waals surface area contributed by atoms with E-state index >= 15 is 0 Å². The third-order valence-corrected chi connectivity index (χ3v) is 4.99. The lowest BCUT2D eigenvalue weighted by molar-refractivity contribution is 0.0955. The summed E-state index contributed by atoms with van der Waals surface area (Å²) in [7, 11) is 0. The van der Waals surface area contributed by atoms with E-state index < -0.39 is 0 Å². The number of nitrogens with zero attached hydrogens (tertiary/aromatic N) is 3. The van der Waals surface area contributed by atoms with Crippen molar-refractivity contribution in [3.8, 4) is 0 Å². The van der Waals surface area contributed by atoms with Crippen LogP contribution in [0.15, 0.2) is 39.6 Å². The Hall–Kier alpha value is -2.26. The molecule has 7 nitrogen and oxygen atoms in total. The first-order valence-electron chi connectivity index (χ1n) is 8.24. The highest BCUT2D eigenvalue weighted by Crippen LogP contribution is 2.16. The van der Waals surface area contributed by atoms with Crippen LogP contribution in [0, 0.1) is 0 Å². The van der Waals surface area contributed by atoms with E-state index in [1.54, 1.807) is 12.1 Å². The molecule has 1 amide bonds. The molecule has 0 aliphatic rings. The van der Waals surface area contributed by atoms with Gasteiger partial charge in [0.2, 0.25) is 10.1 Å². The zero-order valence-corrected chi connectivity index (χ0v) is 16.6. The van der Waals surface area contributed by atoms with E-state index in [2.05, 4.69) is 36.6 Å². The quantitative estimate of drug-likeness (QED) is 0.556. The first-order chi connectivity index (χ1) is 12.6. The number of aryl methyl sites for hydroxylation is 1. The molecule has 0 aliphatic carbocycles. The number of rotatable bonds is 7. The highest BCUT2D eigenvalue weighted by Gasteiger charge is 2.09. The van der Waals surface area contributed by atoms with Crippen molar-refractivity contribution in [3.05, 3.63) is 56.4 Å². The number of anilines is 1. The van der Waals surface area contributed by atoms with Gasteiger partial charge in [-0.1, -0.05) is 40.6 Å². The van der Waals surface area contributed by atoms with E-state index in [1.807, 2.05) is 19.1 Å². The molecule has 2 aromatic heterocycles. The molecule has 0 fully saturated rings. The summed E-state index contributed by atoms with van der Waals surface area (Å²) in [6, 6.07) is 8.69. The standard InChI is InChI=1S/C17H18BrN5O2S/c1-2-3-13-10-14(24)23-17(21-13)26-16(22-23)20-9-8-19-15(25)11-4-6-12(18)7-5-11/h4-7,10H,2-3,8-9H2,1H3,(H,19,25)(H,20,22). The summed E-state index contributed by atoms with van der Waals surface area (Å²) in [5.74, 6) is -0.134. The highest BCUT2D eigenvalue weighted by molar-refractivity contribution is 9.10. The van der Waals surface area contributed by atoms with Crippen molar-refractivity contribution in [2.24, 2.45) is 0 Å². The van der Waals surface area contributed by atoms with E-state index in [1.165, 1.54) is 21.9 Å². The molecule has 1 aromatic carbocycles. The molecule has 3 aromatic rings. The van der Waals surface area contributed by atoms with Crippen molar-refractivity contribution < 1.29 is 4.79 Å². The number of carbonyl (C=O) groups excluding carboxylic acids is 1. The zero-order valence-electron chi connectivity index (χ0n) is 14.2. The first kappa shape index (κ1) is 18.5. The molecule has 0 aliphatic heterocycles. The molecule has 0 unspecified atom stereocenters. The van der Waals surface area contributed by atoms with Gasteiger partial charge < -0.3 is 10.6 Å². The molecule has 0 saturated carbocycles. The maximum absolute atomic E-state index is 12.1. The minimum atomic E-state index is -0.175. The normalized spacial score (nSPS) is 10.8. The van der Waals surface area contributed by atoms with Crippen LogP contribution in [0.25, 0.3) is 4.96 Å². The zero-order chi connectivity index (χ0) is 18.5. The van der Waals surface area contributed by atoms with Gasteiger partial charge in [-0.2, -0.15) is 4.52 Å². The SMILES string of the molecule is CCCc1cc(=O)n2nc(NCCNC(=O)c3ccc(Br)cc3)sc2n1. The van der Waals surface area contributed by atoms with Crippen molar-refractivity contribution in [2.75, 3.05) is 18.4 Å². The number of hydrogen-bond donors (Lipinski definition) is 2. The van der Waals surface area contributed by atoms with E-state index in [0.717, 1.165) is 23.0 Å². The minimum absolute atomic E-state index is 0.134. The van der Waals surface area contributed by atoms with Gasteiger partial charge in [-0.25, -0.2) is 4.98 Å². The average molecular weight is 436 g/mol. The maximum atomic E-state index is 12.1. The first-order valence-corrected chi connectivity index (χ1v) is 9.85. The summed E-state index contributed by atoms with van der Waals surface area (Å²) in [6.45, 7) is 2.98. The molecule has 2 heterocycles. The number of aromatic nitrogens is 3. The lowest BCUT2D eigenvalue weighted by Gasteiger charge is -2.05. The second-order valence-corrected chi connectivity index (χ2v) is 7.50. The number of amides is 1. The Labute approximate surface area is 162 Å².